The molecule has 0 aromatic heterocycles. The lowest BCUT2D eigenvalue weighted by atomic mass is 9.93. The highest BCUT2D eigenvalue weighted by Gasteiger charge is 2.23. The van der Waals surface area contributed by atoms with Gasteiger partial charge in [-0.1, -0.05) is 29.8 Å². The fraction of sp³-hybridized carbons (Fsp3) is 0.368. The van der Waals surface area contributed by atoms with Crippen LogP contribution >= 0.6 is 11.6 Å². The first-order valence-electron chi connectivity index (χ1n) is 8.03. The molecule has 1 unspecified atom stereocenters. The van der Waals surface area contributed by atoms with Crippen molar-refractivity contribution < 1.29 is 13.2 Å². The normalized spacial score (nSPS) is 21.7. The fourth-order valence-corrected chi connectivity index (χ4v) is 4.28. The molecule has 1 atom stereocenters. The van der Waals surface area contributed by atoms with Crippen LogP contribution in [0.4, 0.5) is 0 Å². The van der Waals surface area contributed by atoms with Crippen molar-refractivity contribution in [2.75, 3.05) is 13.4 Å². The van der Waals surface area contributed by atoms with E-state index in [9.17, 15) is 8.42 Å². The smallest absolute Gasteiger partial charge is 0.175 e. The average molecular weight is 365 g/mol. The van der Waals surface area contributed by atoms with Gasteiger partial charge in [0, 0.05) is 18.4 Å². The lowest BCUT2D eigenvalue weighted by Crippen LogP contribution is -2.13. The van der Waals surface area contributed by atoms with Gasteiger partial charge in [-0.3, -0.25) is 0 Å². The lowest BCUT2D eigenvalue weighted by Gasteiger charge is -2.20. The number of ether oxygens (including phenoxy) is 1. The molecular formula is C19H21ClO3S. The Morgan fingerprint density at radius 3 is 2.38 bits per heavy atom. The maximum atomic E-state index is 11.6. The predicted molar refractivity (Wildman–Crippen MR) is 97.8 cm³/mol. The van der Waals surface area contributed by atoms with E-state index in [0.717, 1.165) is 36.3 Å². The molecule has 5 heteroatoms. The lowest BCUT2D eigenvalue weighted by molar-refractivity contribution is 0.139. The molecule has 1 aromatic carbocycles. The molecule has 2 aliphatic rings. The van der Waals surface area contributed by atoms with Crippen LogP contribution in [0.5, 0.6) is 0 Å². The van der Waals surface area contributed by atoms with E-state index in [2.05, 4.69) is 6.08 Å². The maximum Gasteiger partial charge on any atom is 0.175 e. The molecular weight excluding hydrogens is 344 g/mol. The van der Waals surface area contributed by atoms with Gasteiger partial charge in [-0.2, -0.15) is 0 Å². The van der Waals surface area contributed by atoms with Crippen molar-refractivity contribution in [1.82, 2.24) is 0 Å². The molecule has 3 nitrogen and oxygen atoms in total. The largest absolute Gasteiger partial charge is 0.376 e. The first kappa shape index (κ1) is 17.5. The summed E-state index contributed by atoms with van der Waals surface area (Å²) in [4.78, 5) is 0.356. The molecule has 0 saturated heterocycles. The summed E-state index contributed by atoms with van der Waals surface area (Å²) in [6, 6.07) is 7.19. The van der Waals surface area contributed by atoms with Gasteiger partial charge in [-0.25, -0.2) is 8.42 Å². The van der Waals surface area contributed by atoms with Crippen LogP contribution in [0.15, 0.2) is 57.5 Å². The number of allylic oxidation sites excluding steroid dienone is 4. The number of hydrogen-bond donors (Lipinski definition) is 0. The van der Waals surface area contributed by atoms with Crippen molar-refractivity contribution in [3.63, 3.8) is 0 Å². The van der Waals surface area contributed by atoms with E-state index in [1.807, 2.05) is 18.2 Å². The molecule has 24 heavy (non-hydrogen) atoms. The van der Waals surface area contributed by atoms with E-state index < -0.39 is 9.84 Å². The Bertz CT molecular complexity index is 830. The third-order valence-corrected chi connectivity index (χ3v) is 6.12. The maximum absolute atomic E-state index is 11.6. The van der Waals surface area contributed by atoms with Gasteiger partial charge in [0.25, 0.3) is 0 Å². The molecule has 0 amide bonds. The van der Waals surface area contributed by atoms with Gasteiger partial charge in [-0.05, 0) is 66.2 Å². The van der Waals surface area contributed by atoms with Crippen molar-refractivity contribution in [1.29, 1.82) is 0 Å². The van der Waals surface area contributed by atoms with Gasteiger partial charge < -0.3 is 4.74 Å². The zero-order chi connectivity index (χ0) is 17.3. The molecule has 1 aromatic rings. The number of rotatable bonds is 4. The molecule has 0 bridgehead atoms. The van der Waals surface area contributed by atoms with E-state index >= 15 is 0 Å². The summed E-state index contributed by atoms with van der Waals surface area (Å²) in [6.07, 6.45) is 9.29. The van der Waals surface area contributed by atoms with Crippen LogP contribution in [0.3, 0.4) is 0 Å². The molecule has 0 aliphatic heterocycles. The molecule has 0 saturated carbocycles. The monoisotopic (exact) mass is 364 g/mol. The minimum absolute atomic E-state index is 0.0464. The minimum Gasteiger partial charge on any atom is -0.376 e. The summed E-state index contributed by atoms with van der Waals surface area (Å²) in [5.41, 5.74) is 4.87. The summed E-state index contributed by atoms with van der Waals surface area (Å²) in [6.45, 7) is 0. The van der Waals surface area contributed by atoms with E-state index in [1.54, 1.807) is 19.2 Å². The van der Waals surface area contributed by atoms with Crippen molar-refractivity contribution in [3.8, 4) is 0 Å². The summed E-state index contributed by atoms with van der Waals surface area (Å²) in [5, 5.41) is 0.737. The highest BCUT2D eigenvalue weighted by molar-refractivity contribution is 7.90. The first-order valence-corrected chi connectivity index (χ1v) is 10.3. The summed E-state index contributed by atoms with van der Waals surface area (Å²) in [5.74, 6) is 0. The van der Waals surface area contributed by atoms with Crippen molar-refractivity contribution in [2.45, 2.75) is 36.7 Å². The molecule has 0 heterocycles. The van der Waals surface area contributed by atoms with Crippen LogP contribution in [0.2, 0.25) is 0 Å². The topological polar surface area (TPSA) is 43.4 Å². The number of methoxy groups -OCH3 is 1. The van der Waals surface area contributed by atoms with Crippen molar-refractivity contribution in [3.05, 3.63) is 58.2 Å². The highest BCUT2D eigenvalue weighted by atomic mass is 35.5. The molecule has 128 valence electrons. The highest BCUT2D eigenvalue weighted by Crippen LogP contribution is 2.40. The van der Waals surface area contributed by atoms with E-state index in [4.69, 9.17) is 16.3 Å². The van der Waals surface area contributed by atoms with E-state index in [-0.39, 0.29) is 6.10 Å². The van der Waals surface area contributed by atoms with Gasteiger partial charge in [0.2, 0.25) is 0 Å². The van der Waals surface area contributed by atoms with Gasteiger partial charge in [-0.15, -0.1) is 0 Å². The summed E-state index contributed by atoms with van der Waals surface area (Å²) in [7, 11) is -1.49. The van der Waals surface area contributed by atoms with E-state index in [0.29, 0.717) is 4.90 Å². The number of benzene rings is 1. The van der Waals surface area contributed by atoms with Crippen molar-refractivity contribution >= 4 is 27.0 Å². The van der Waals surface area contributed by atoms with Crippen molar-refractivity contribution in [2.24, 2.45) is 0 Å². The predicted octanol–water partition coefficient (Wildman–Crippen LogP) is 4.50. The number of sulfone groups is 1. The average Bonchev–Trinajstić information content (AvgIpc) is 3.03. The van der Waals surface area contributed by atoms with Gasteiger partial charge in [0.15, 0.2) is 9.84 Å². The fourth-order valence-electron chi connectivity index (χ4n) is 3.35. The van der Waals surface area contributed by atoms with Gasteiger partial charge in [0.1, 0.15) is 0 Å². The third-order valence-electron chi connectivity index (χ3n) is 4.63. The molecule has 0 fully saturated rings. The molecule has 0 N–H and O–H groups in total. The van der Waals surface area contributed by atoms with Gasteiger partial charge >= 0.3 is 0 Å². The second-order valence-electron chi connectivity index (χ2n) is 6.26. The zero-order valence-electron chi connectivity index (χ0n) is 13.9. The van der Waals surface area contributed by atoms with Crippen LogP contribution in [-0.2, 0) is 14.6 Å². The Kier molecular flexibility index (Phi) is 5.00. The summed E-state index contributed by atoms with van der Waals surface area (Å²) >= 11 is 6.33. The Labute approximate surface area is 148 Å². The second kappa shape index (κ2) is 6.87. The SMILES string of the molecule is COC1CC=C(C2=C(c3ccc(S(C)(=O)=O)cc3)CCC2)C=C1Cl. The second-order valence-corrected chi connectivity index (χ2v) is 8.71. The quantitative estimate of drug-likeness (QED) is 0.790. The molecule has 0 spiro atoms. The first-order chi connectivity index (χ1) is 11.4. The van der Waals surface area contributed by atoms with Crippen LogP contribution in [0, 0.1) is 0 Å². The summed E-state index contributed by atoms with van der Waals surface area (Å²) < 4.78 is 28.6. The number of hydrogen-bond acceptors (Lipinski definition) is 3. The van der Waals surface area contributed by atoms with Crippen LogP contribution in [0.25, 0.3) is 5.57 Å². The standard InChI is InChI=1S/C19H21ClO3S/c1-23-19-11-8-14(12-18(19)20)17-5-3-4-16(17)13-6-9-15(10-7-13)24(2,21)22/h6-10,12,19H,3-5,11H2,1-2H3. The van der Waals surface area contributed by atoms with Crippen LogP contribution < -0.4 is 0 Å². The Morgan fingerprint density at radius 2 is 1.79 bits per heavy atom. The van der Waals surface area contributed by atoms with Crippen LogP contribution in [-0.4, -0.2) is 27.9 Å². The minimum atomic E-state index is -3.16. The number of halogens is 1. The van der Waals surface area contributed by atoms with E-state index in [1.165, 1.54) is 23.0 Å². The van der Waals surface area contributed by atoms with Crippen LogP contribution in [0.1, 0.15) is 31.2 Å². The Hall–Kier alpha value is -1.36. The van der Waals surface area contributed by atoms with Gasteiger partial charge in [0.05, 0.1) is 11.0 Å². The Morgan fingerprint density at radius 1 is 1.12 bits per heavy atom. The molecule has 2 aliphatic carbocycles. The zero-order valence-corrected chi connectivity index (χ0v) is 15.5. The molecule has 0 radical (unpaired) electrons. The Balaban J connectivity index is 1.95. The molecule has 3 rings (SSSR count). The third kappa shape index (κ3) is 3.51.